The van der Waals surface area contributed by atoms with Gasteiger partial charge in [-0.1, -0.05) is 19.1 Å². The average molecular weight is 372 g/mol. The van der Waals surface area contributed by atoms with E-state index >= 15 is 0 Å². The van der Waals surface area contributed by atoms with E-state index in [1.807, 2.05) is 24.3 Å². The van der Waals surface area contributed by atoms with Crippen molar-refractivity contribution in [1.29, 1.82) is 0 Å². The van der Waals surface area contributed by atoms with Gasteiger partial charge in [0.2, 0.25) is 0 Å². The maximum absolute atomic E-state index is 13.5. The predicted octanol–water partition coefficient (Wildman–Crippen LogP) is 3.48. The largest absolute Gasteiger partial charge is 0.498 e. The number of rotatable bonds is 6. The van der Waals surface area contributed by atoms with Crippen molar-refractivity contribution in [2.75, 3.05) is 21.3 Å². The topological polar surface area (TPSA) is 65.0 Å². The minimum Gasteiger partial charge on any atom is -0.498 e. The van der Waals surface area contributed by atoms with E-state index in [-0.39, 0.29) is 17.6 Å². The average Bonchev–Trinajstić information content (AvgIpc) is 2.83. The second kappa shape index (κ2) is 6.71. The van der Waals surface area contributed by atoms with Gasteiger partial charge in [-0.05, 0) is 43.0 Å². The van der Waals surface area contributed by atoms with Crippen LogP contribution < -0.4 is 9.47 Å². The second-order valence-electron chi connectivity index (χ2n) is 7.66. The molecular weight excluding hydrogens is 344 g/mol. The highest BCUT2D eigenvalue weighted by molar-refractivity contribution is 5.96. The summed E-state index contributed by atoms with van der Waals surface area (Å²) in [6.07, 6.45) is 4.10. The Morgan fingerprint density at radius 1 is 1.19 bits per heavy atom. The lowest BCUT2D eigenvalue weighted by Gasteiger charge is -2.39. The number of ketones is 1. The third-order valence-electron chi connectivity index (χ3n) is 6.44. The lowest BCUT2D eigenvalue weighted by molar-refractivity contribution is -0.137. The highest BCUT2D eigenvalue weighted by Gasteiger charge is 2.66. The summed E-state index contributed by atoms with van der Waals surface area (Å²) in [6.45, 7) is 7.57. The Balaban J connectivity index is 2.19. The van der Waals surface area contributed by atoms with Gasteiger partial charge in [-0.25, -0.2) is 0 Å². The molecule has 0 saturated heterocycles. The van der Waals surface area contributed by atoms with Gasteiger partial charge in [-0.3, -0.25) is 4.79 Å². The normalized spacial score (nSPS) is 34.8. The van der Waals surface area contributed by atoms with Crippen LogP contribution in [-0.4, -0.2) is 37.8 Å². The van der Waals surface area contributed by atoms with Crippen LogP contribution in [0, 0.1) is 17.3 Å². The van der Waals surface area contributed by atoms with Crippen molar-refractivity contribution in [3.05, 3.63) is 48.3 Å². The van der Waals surface area contributed by atoms with Crippen LogP contribution in [0.2, 0.25) is 0 Å². The van der Waals surface area contributed by atoms with E-state index in [4.69, 9.17) is 14.2 Å². The highest BCUT2D eigenvalue weighted by atomic mass is 16.5. The first kappa shape index (κ1) is 19.5. The molecule has 0 spiro atoms. The number of hydrogen-bond donors (Lipinski definition) is 1. The van der Waals surface area contributed by atoms with Crippen LogP contribution in [0.3, 0.4) is 0 Å². The molecule has 27 heavy (non-hydrogen) atoms. The third-order valence-corrected chi connectivity index (χ3v) is 6.44. The van der Waals surface area contributed by atoms with E-state index < -0.39 is 16.9 Å². The highest BCUT2D eigenvalue weighted by Crippen LogP contribution is 2.62. The Morgan fingerprint density at radius 3 is 2.41 bits per heavy atom. The molecule has 0 amide bonds. The van der Waals surface area contributed by atoms with E-state index in [2.05, 4.69) is 13.5 Å². The molecule has 1 saturated carbocycles. The molecule has 146 valence electrons. The first-order chi connectivity index (χ1) is 12.8. The monoisotopic (exact) mass is 372 g/mol. The Kier molecular flexibility index (Phi) is 4.85. The smallest absolute Gasteiger partial charge is 0.160 e. The number of allylic oxidation sites excluding steroid dienone is 2. The maximum atomic E-state index is 13.5. The standard InChI is InChI=1S/C22H28O5/c1-7-10-22-12-17(27-6)21(3,24)19(20(22)23)18(13(22)2)14-8-9-15(25-4)16(11-14)26-5/h7-9,11-13,18-19,24H,1,10H2,2-6H3. The van der Waals surface area contributed by atoms with Gasteiger partial charge in [0.15, 0.2) is 17.3 Å². The number of carbonyl (C=O) groups excluding carboxylic acids is 1. The Bertz CT molecular complexity index is 794. The Morgan fingerprint density at radius 2 is 1.85 bits per heavy atom. The van der Waals surface area contributed by atoms with Gasteiger partial charge in [0.05, 0.1) is 32.7 Å². The number of methoxy groups -OCH3 is 3. The van der Waals surface area contributed by atoms with Gasteiger partial charge < -0.3 is 19.3 Å². The summed E-state index contributed by atoms with van der Waals surface area (Å²) in [7, 11) is 4.71. The number of ether oxygens (including phenoxy) is 3. The third kappa shape index (κ3) is 2.59. The molecule has 2 bridgehead atoms. The predicted molar refractivity (Wildman–Crippen MR) is 103 cm³/mol. The van der Waals surface area contributed by atoms with Crippen molar-refractivity contribution < 1.29 is 24.1 Å². The zero-order valence-corrected chi connectivity index (χ0v) is 16.6. The van der Waals surface area contributed by atoms with Crippen LogP contribution in [0.1, 0.15) is 31.7 Å². The molecule has 5 nitrogen and oxygen atoms in total. The van der Waals surface area contributed by atoms with Gasteiger partial charge in [0.25, 0.3) is 0 Å². The fraction of sp³-hybridized carbons (Fsp3) is 0.500. The summed E-state index contributed by atoms with van der Waals surface area (Å²) in [5, 5.41) is 11.3. The van der Waals surface area contributed by atoms with Crippen LogP contribution in [0.5, 0.6) is 11.5 Å². The minimum absolute atomic E-state index is 0.0368. The maximum Gasteiger partial charge on any atom is 0.160 e. The SMILES string of the molecule is C=CCC12C=C(OC)C(C)(O)C(C1=O)C(c1ccc(OC)c(OC)c1)C2C. The van der Waals surface area contributed by atoms with Gasteiger partial charge in [-0.2, -0.15) is 0 Å². The molecule has 1 N–H and O–H groups in total. The molecular formula is C22H28O5. The van der Waals surface area contributed by atoms with E-state index in [0.29, 0.717) is 23.7 Å². The molecule has 1 aromatic carbocycles. The van der Waals surface area contributed by atoms with E-state index in [9.17, 15) is 9.90 Å². The molecule has 2 aliphatic carbocycles. The van der Waals surface area contributed by atoms with Gasteiger partial charge in [0, 0.05) is 5.92 Å². The molecule has 0 aromatic heterocycles. The lowest BCUT2D eigenvalue weighted by atomic mass is 9.69. The number of benzene rings is 1. The summed E-state index contributed by atoms with van der Waals surface area (Å²) in [4.78, 5) is 13.5. The lowest BCUT2D eigenvalue weighted by Crippen LogP contribution is -2.48. The number of aliphatic hydroxyl groups is 1. The Labute approximate surface area is 160 Å². The van der Waals surface area contributed by atoms with Gasteiger partial charge >= 0.3 is 0 Å². The van der Waals surface area contributed by atoms with Crippen LogP contribution in [-0.2, 0) is 9.53 Å². The van der Waals surface area contributed by atoms with Gasteiger partial charge in [-0.15, -0.1) is 6.58 Å². The van der Waals surface area contributed by atoms with Crippen LogP contribution in [0.4, 0.5) is 0 Å². The molecule has 5 atom stereocenters. The van der Waals surface area contributed by atoms with Crippen molar-refractivity contribution in [1.82, 2.24) is 0 Å². The minimum atomic E-state index is -1.38. The number of Topliss-reactive ketones (excluding diaryl/α,β-unsaturated/α-hetero) is 1. The summed E-state index contributed by atoms with van der Waals surface area (Å²) in [5.41, 5.74) is -1.16. The molecule has 0 radical (unpaired) electrons. The van der Waals surface area contributed by atoms with Crippen LogP contribution in [0.25, 0.3) is 0 Å². The first-order valence-corrected chi connectivity index (χ1v) is 9.15. The zero-order valence-electron chi connectivity index (χ0n) is 16.6. The Hall–Kier alpha value is -2.27. The molecule has 5 unspecified atom stereocenters. The van der Waals surface area contributed by atoms with Crippen LogP contribution in [0.15, 0.2) is 42.7 Å². The molecule has 5 heteroatoms. The fourth-order valence-corrected chi connectivity index (χ4v) is 5.02. The molecule has 1 aromatic rings. The number of hydrogen-bond acceptors (Lipinski definition) is 5. The second-order valence-corrected chi connectivity index (χ2v) is 7.66. The quantitative estimate of drug-likeness (QED) is 0.775. The summed E-state index contributed by atoms with van der Waals surface area (Å²) >= 11 is 0. The number of fused-ring (bicyclic) bond motifs is 2. The van der Waals surface area contributed by atoms with E-state index in [1.54, 1.807) is 27.2 Å². The van der Waals surface area contributed by atoms with Crippen molar-refractivity contribution in [2.45, 2.75) is 31.8 Å². The summed E-state index contributed by atoms with van der Waals surface area (Å²) in [5.74, 6) is 0.897. The van der Waals surface area contributed by atoms with Crippen molar-refractivity contribution in [3.63, 3.8) is 0 Å². The van der Waals surface area contributed by atoms with Crippen molar-refractivity contribution in [3.8, 4) is 11.5 Å². The summed E-state index contributed by atoms with van der Waals surface area (Å²) in [6, 6.07) is 5.69. The molecule has 0 heterocycles. The molecule has 3 rings (SSSR count). The van der Waals surface area contributed by atoms with Crippen molar-refractivity contribution in [2.24, 2.45) is 17.3 Å². The first-order valence-electron chi connectivity index (χ1n) is 9.15. The van der Waals surface area contributed by atoms with Gasteiger partial charge in [0.1, 0.15) is 11.4 Å². The molecule has 0 aliphatic heterocycles. The summed E-state index contributed by atoms with van der Waals surface area (Å²) < 4.78 is 16.3. The van der Waals surface area contributed by atoms with Crippen molar-refractivity contribution >= 4 is 5.78 Å². The molecule has 1 fully saturated rings. The molecule has 2 aliphatic rings. The number of carbonyl (C=O) groups is 1. The van der Waals surface area contributed by atoms with E-state index in [1.165, 1.54) is 7.11 Å². The van der Waals surface area contributed by atoms with E-state index in [0.717, 1.165) is 5.56 Å². The zero-order chi connectivity index (χ0) is 20.0. The fourth-order valence-electron chi connectivity index (χ4n) is 5.02. The van der Waals surface area contributed by atoms with Crippen LogP contribution >= 0.6 is 0 Å².